The fourth-order valence-electron chi connectivity index (χ4n) is 6.71. The van der Waals surface area contributed by atoms with Crippen LogP contribution in [0.2, 0.25) is 5.02 Å². The Bertz CT molecular complexity index is 1590. The summed E-state index contributed by atoms with van der Waals surface area (Å²) >= 11 is 8.15. The summed E-state index contributed by atoms with van der Waals surface area (Å²) in [5.41, 5.74) is 5.08. The van der Waals surface area contributed by atoms with Gasteiger partial charge in [-0.1, -0.05) is 42.3 Å². The van der Waals surface area contributed by atoms with Crippen molar-refractivity contribution >= 4 is 52.9 Å². The minimum atomic E-state index is -1.83. The van der Waals surface area contributed by atoms with Crippen LogP contribution < -0.4 is 20.7 Å². The van der Waals surface area contributed by atoms with E-state index in [1.54, 1.807) is 45.2 Å². The van der Waals surface area contributed by atoms with Crippen LogP contribution in [0, 0.1) is 5.92 Å². The number of amides is 3. The molecule has 0 radical (unpaired) electrons. The van der Waals surface area contributed by atoms with Crippen LogP contribution in [-0.2, 0) is 39.8 Å². The Labute approximate surface area is 314 Å². The zero-order valence-electron chi connectivity index (χ0n) is 31.1. The van der Waals surface area contributed by atoms with Gasteiger partial charge in [0.2, 0.25) is 11.8 Å². The van der Waals surface area contributed by atoms with Crippen molar-refractivity contribution in [3.63, 3.8) is 0 Å². The van der Waals surface area contributed by atoms with E-state index in [9.17, 15) is 24.3 Å². The fraction of sp³-hybridized carbons (Fsp3) is 0.611. The van der Waals surface area contributed by atoms with E-state index < -0.39 is 77.6 Å². The number of ether oxygens (including phenoxy) is 5. The second-order valence-electron chi connectivity index (χ2n) is 13.9. The lowest BCUT2D eigenvalue weighted by molar-refractivity contribution is -0.162. The van der Waals surface area contributed by atoms with Gasteiger partial charge in [0.05, 0.1) is 31.4 Å². The second kappa shape index (κ2) is 16.8. The molecule has 4 rings (SSSR count). The summed E-state index contributed by atoms with van der Waals surface area (Å²) in [6, 6.07) is 1.70. The van der Waals surface area contributed by atoms with Gasteiger partial charge in [-0.2, -0.15) is 11.8 Å². The number of fused-ring (bicyclic) bond motifs is 5. The Morgan fingerprint density at radius 1 is 1.29 bits per heavy atom. The van der Waals surface area contributed by atoms with Crippen molar-refractivity contribution in [3.8, 4) is 5.75 Å². The molecule has 1 aromatic rings. The maximum Gasteiger partial charge on any atom is 0.409 e. The lowest BCUT2D eigenvalue weighted by atomic mass is 9.83. The summed E-state index contributed by atoms with van der Waals surface area (Å²) < 4.78 is 29.1. The van der Waals surface area contributed by atoms with E-state index in [0.29, 0.717) is 23.6 Å². The SMILES string of the molecule is COc1cc2cc(c1Cl)N(C)C(=O)CC(OC(=O)[C@H](C)N(C)C(=O)C(N)CSC)C1(C)OC1C(C)C1CC(O)(NC(=O)O1)C(OC)/C=C/C=C(\C)C2. The first kappa shape index (κ1) is 41.4. The van der Waals surface area contributed by atoms with E-state index in [1.165, 1.54) is 49.8 Å². The van der Waals surface area contributed by atoms with Gasteiger partial charge in [-0.15, -0.1) is 0 Å². The van der Waals surface area contributed by atoms with E-state index in [-0.39, 0.29) is 17.9 Å². The Hall–Kier alpha value is -3.34. The lowest BCUT2D eigenvalue weighted by Gasteiger charge is -2.42. The van der Waals surface area contributed by atoms with Crippen molar-refractivity contribution in [2.24, 2.45) is 11.7 Å². The number of allylic oxidation sites excluding steroid dienone is 3. The summed E-state index contributed by atoms with van der Waals surface area (Å²) in [5, 5.41) is 14.4. The first-order valence-corrected chi connectivity index (χ1v) is 18.8. The molecular weight excluding hydrogens is 716 g/mol. The zero-order valence-corrected chi connectivity index (χ0v) is 32.7. The number of hydrogen-bond acceptors (Lipinski definition) is 12. The lowest BCUT2D eigenvalue weighted by Crippen LogP contribution is -2.63. The molecule has 4 bridgehead atoms. The Balaban J connectivity index is 1.76. The smallest absolute Gasteiger partial charge is 0.409 e. The molecule has 3 amide bonds. The molecule has 16 heteroatoms. The molecule has 0 saturated carbocycles. The van der Waals surface area contributed by atoms with Crippen molar-refractivity contribution in [1.29, 1.82) is 0 Å². The van der Waals surface area contributed by atoms with Crippen LogP contribution in [-0.4, -0.2) is 122 Å². The summed E-state index contributed by atoms with van der Waals surface area (Å²) in [4.78, 5) is 56.2. The van der Waals surface area contributed by atoms with Gasteiger partial charge in [-0.25, -0.2) is 9.59 Å². The number of epoxide rings is 1. The number of nitrogens with zero attached hydrogens (tertiary/aromatic N) is 2. The minimum Gasteiger partial charge on any atom is -0.495 e. The summed E-state index contributed by atoms with van der Waals surface area (Å²) in [6.45, 7) is 6.93. The third kappa shape index (κ3) is 8.88. The van der Waals surface area contributed by atoms with Crippen LogP contribution in [0.15, 0.2) is 35.9 Å². The summed E-state index contributed by atoms with van der Waals surface area (Å²) in [7, 11) is 5.94. The Kier molecular flexibility index (Phi) is 13.4. The normalized spacial score (nSPS) is 32.2. The third-order valence-corrected chi connectivity index (χ3v) is 11.2. The monoisotopic (exact) mass is 766 g/mol. The standard InChI is InChI=1S/C36H51ClN4O10S/c1-19-11-10-12-27(48-8)36(46)17-26(49-34(45)39-36)20(2)31-35(4,51-31)28(50-33(44)21(3)40(5)32(43)23(38)18-52-9)16-29(42)41(6)24-14-22(13-19)15-25(47-7)30(24)37/h10-12,14-15,20-21,23,26-28,31,46H,13,16-18,38H2,1-9H3,(H,39,45)/b12-10+,19-11+/t20?,21-,23?,26?,27?,28?,31?,35?,36?/m0/s1. The number of carbonyl (C=O) groups is 4. The molecule has 9 atom stereocenters. The average molecular weight is 767 g/mol. The number of nitrogens with one attached hydrogen (secondary N) is 1. The molecule has 288 valence electrons. The maximum absolute atomic E-state index is 14.1. The number of methoxy groups -OCH3 is 2. The van der Waals surface area contributed by atoms with Crippen LogP contribution in [0.4, 0.5) is 10.5 Å². The van der Waals surface area contributed by atoms with Gasteiger partial charge < -0.3 is 44.3 Å². The summed E-state index contributed by atoms with van der Waals surface area (Å²) in [5.74, 6) is -1.46. The van der Waals surface area contributed by atoms with Gasteiger partial charge in [0, 0.05) is 39.3 Å². The Morgan fingerprint density at radius 3 is 2.62 bits per heavy atom. The van der Waals surface area contributed by atoms with E-state index in [1.807, 2.05) is 19.3 Å². The van der Waals surface area contributed by atoms with Crippen molar-refractivity contribution in [2.75, 3.05) is 45.2 Å². The molecule has 0 spiro atoms. The highest BCUT2D eigenvalue weighted by Gasteiger charge is 2.64. The van der Waals surface area contributed by atoms with E-state index in [0.717, 1.165) is 11.1 Å². The topological polar surface area (TPSA) is 182 Å². The molecule has 1 aromatic carbocycles. The molecule has 0 aromatic heterocycles. The maximum atomic E-state index is 14.1. The van der Waals surface area contributed by atoms with Crippen molar-refractivity contribution in [3.05, 3.63) is 46.5 Å². The molecule has 3 heterocycles. The largest absolute Gasteiger partial charge is 0.495 e. The zero-order chi connectivity index (χ0) is 38.7. The van der Waals surface area contributed by atoms with Gasteiger partial charge in [0.15, 0.2) is 5.72 Å². The minimum absolute atomic E-state index is 0.0577. The number of likely N-dealkylation sites (N-methyl/N-ethyl adjacent to an activating group) is 1. The number of esters is 1. The van der Waals surface area contributed by atoms with Gasteiger partial charge in [-0.3, -0.25) is 14.9 Å². The third-order valence-electron chi connectivity index (χ3n) is 10.1. The molecule has 8 unspecified atom stereocenters. The highest BCUT2D eigenvalue weighted by molar-refractivity contribution is 7.98. The summed E-state index contributed by atoms with van der Waals surface area (Å²) in [6.07, 6.45) is 2.67. The van der Waals surface area contributed by atoms with Crippen LogP contribution in [0.5, 0.6) is 5.75 Å². The number of nitrogens with two attached hydrogens (primary N) is 1. The Morgan fingerprint density at radius 2 is 1.98 bits per heavy atom. The second-order valence-corrected chi connectivity index (χ2v) is 15.2. The number of thioether (sulfide) groups is 1. The predicted octanol–water partition coefficient (Wildman–Crippen LogP) is 3.20. The van der Waals surface area contributed by atoms with E-state index >= 15 is 0 Å². The van der Waals surface area contributed by atoms with Crippen LogP contribution in [0.3, 0.4) is 0 Å². The van der Waals surface area contributed by atoms with Crippen molar-refractivity contribution < 1.29 is 48.0 Å². The number of anilines is 1. The number of carbonyl (C=O) groups excluding carboxylic acids is 4. The number of alkyl carbamates (subject to hydrolysis) is 1. The molecule has 2 fully saturated rings. The van der Waals surface area contributed by atoms with Crippen LogP contribution in [0.25, 0.3) is 0 Å². The average Bonchev–Trinajstić information content (AvgIpc) is 3.79. The molecule has 14 nitrogen and oxygen atoms in total. The van der Waals surface area contributed by atoms with Crippen LogP contribution in [0.1, 0.15) is 46.1 Å². The van der Waals surface area contributed by atoms with Crippen LogP contribution >= 0.6 is 23.4 Å². The van der Waals surface area contributed by atoms with Crippen molar-refractivity contribution in [2.45, 2.75) is 94.8 Å². The molecular formula is C36H51ClN4O10S. The van der Waals surface area contributed by atoms with Crippen molar-refractivity contribution in [1.82, 2.24) is 10.2 Å². The number of rotatable bonds is 8. The number of aliphatic hydroxyl groups is 1. The first-order valence-electron chi connectivity index (χ1n) is 17.0. The van der Waals surface area contributed by atoms with E-state index in [2.05, 4.69) is 5.32 Å². The van der Waals surface area contributed by atoms with Gasteiger partial charge in [0.25, 0.3) is 0 Å². The molecule has 0 aliphatic carbocycles. The highest BCUT2D eigenvalue weighted by atomic mass is 35.5. The molecule has 4 N–H and O–H groups in total. The number of hydrogen-bond donors (Lipinski definition) is 3. The highest BCUT2D eigenvalue weighted by Crippen LogP contribution is 2.49. The molecule has 3 aliphatic rings. The van der Waals surface area contributed by atoms with E-state index in [4.69, 9.17) is 41.0 Å². The predicted molar refractivity (Wildman–Crippen MR) is 197 cm³/mol. The van der Waals surface area contributed by atoms with Gasteiger partial charge in [0.1, 0.15) is 40.7 Å². The molecule has 2 saturated heterocycles. The fourth-order valence-corrected chi connectivity index (χ4v) is 7.52. The van der Waals surface area contributed by atoms with Gasteiger partial charge >= 0.3 is 12.1 Å². The number of benzene rings is 1. The van der Waals surface area contributed by atoms with Gasteiger partial charge in [-0.05, 0) is 51.1 Å². The first-order chi connectivity index (χ1) is 24.4. The molecule has 52 heavy (non-hydrogen) atoms. The number of halogens is 1. The quantitative estimate of drug-likeness (QED) is 0.260. The molecule has 3 aliphatic heterocycles.